The fourth-order valence-electron chi connectivity index (χ4n) is 4.39. The van der Waals surface area contributed by atoms with E-state index in [1.54, 1.807) is 6.07 Å². The van der Waals surface area contributed by atoms with E-state index in [-0.39, 0.29) is 11.9 Å². The first-order valence-electron chi connectivity index (χ1n) is 11.0. The maximum atomic E-state index is 13.2. The number of likely N-dealkylation sites (tertiary alicyclic amines) is 1. The molecule has 1 atom stereocenters. The molecule has 0 bridgehead atoms. The Labute approximate surface area is 183 Å². The van der Waals surface area contributed by atoms with Crippen LogP contribution >= 0.6 is 0 Å². The van der Waals surface area contributed by atoms with Crippen molar-refractivity contribution in [2.75, 3.05) is 38.7 Å². The second-order valence-electron chi connectivity index (χ2n) is 8.47. The number of rotatable bonds is 6. The van der Waals surface area contributed by atoms with E-state index >= 15 is 0 Å². The van der Waals surface area contributed by atoms with Crippen LogP contribution < -0.4 is 16.6 Å². The average Bonchev–Trinajstić information content (AvgIpc) is 3.06. The number of hydrogen-bond acceptors (Lipinski definition) is 5. The van der Waals surface area contributed by atoms with E-state index in [0.717, 1.165) is 48.6 Å². The third-order valence-electron chi connectivity index (χ3n) is 6.26. The SMILES string of the molecule is CN(CCN1CCCCC1)C(=O)C1=CC(C2NNc3ccc(C(N)=O)cc32)=CC=CC1. The monoisotopic (exact) mass is 421 g/mol. The smallest absolute Gasteiger partial charge is 0.249 e. The first-order chi connectivity index (χ1) is 15.0. The van der Waals surface area contributed by atoms with Crippen molar-refractivity contribution in [2.45, 2.75) is 31.7 Å². The Morgan fingerprint density at radius 3 is 2.81 bits per heavy atom. The largest absolute Gasteiger partial charge is 0.366 e. The molecule has 4 N–H and O–H groups in total. The Balaban J connectivity index is 1.48. The van der Waals surface area contributed by atoms with Crippen molar-refractivity contribution in [1.82, 2.24) is 15.2 Å². The molecule has 7 nitrogen and oxygen atoms in total. The van der Waals surface area contributed by atoms with Crippen LogP contribution in [0.4, 0.5) is 5.69 Å². The fraction of sp³-hybridized carbons (Fsp3) is 0.417. The topological polar surface area (TPSA) is 90.7 Å². The molecule has 1 aromatic rings. The van der Waals surface area contributed by atoms with Crippen LogP contribution in [0.2, 0.25) is 0 Å². The number of carbonyl (C=O) groups excluding carboxylic acids is 2. The zero-order valence-corrected chi connectivity index (χ0v) is 18.1. The minimum atomic E-state index is -0.454. The van der Waals surface area contributed by atoms with Crippen molar-refractivity contribution >= 4 is 17.5 Å². The zero-order chi connectivity index (χ0) is 21.8. The molecule has 2 aliphatic heterocycles. The van der Waals surface area contributed by atoms with Crippen molar-refractivity contribution in [2.24, 2.45) is 5.73 Å². The van der Waals surface area contributed by atoms with Crippen LogP contribution in [0.15, 0.2) is 53.6 Å². The summed E-state index contributed by atoms with van der Waals surface area (Å²) in [4.78, 5) is 29.1. The van der Waals surface area contributed by atoms with Crippen molar-refractivity contribution in [1.29, 1.82) is 0 Å². The highest BCUT2D eigenvalue weighted by atomic mass is 16.2. The van der Waals surface area contributed by atoms with E-state index in [4.69, 9.17) is 5.73 Å². The van der Waals surface area contributed by atoms with Gasteiger partial charge >= 0.3 is 0 Å². The number of hydrogen-bond donors (Lipinski definition) is 3. The maximum absolute atomic E-state index is 13.2. The molecular formula is C24H31N5O2. The minimum absolute atomic E-state index is 0.0616. The molecule has 164 valence electrons. The molecule has 7 heteroatoms. The van der Waals surface area contributed by atoms with Gasteiger partial charge in [0.05, 0.1) is 11.7 Å². The number of carbonyl (C=O) groups is 2. The number of anilines is 1. The summed E-state index contributed by atoms with van der Waals surface area (Å²) in [7, 11) is 1.88. The van der Waals surface area contributed by atoms with Crippen LogP contribution in [-0.2, 0) is 4.79 Å². The lowest BCUT2D eigenvalue weighted by molar-refractivity contribution is -0.126. The second kappa shape index (κ2) is 9.49. The summed E-state index contributed by atoms with van der Waals surface area (Å²) in [5.41, 5.74) is 15.9. The summed E-state index contributed by atoms with van der Waals surface area (Å²) < 4.78 is 0. The Hall–Kier alpha value is -2.90. The number of piperidine rings is 1. The number of primary amides is 1. The summed E-state index contributed by atoms with van der Waals surface area (Å²) in [6.45, 7) is 3.92. The van der Waals surface area contributed by atoms with Crippen molar-refractivity contribution in [3.63, 3.8) is 0 Å². The van der Waals surface area contributed by atoms with Gasteiger partial charge in [0.15, 0.2) is 0 Å². The lowest BCUT2D eigenvalue weighted by Crippen LogP contribution is -2.39. The van der Waals surface area contributed by atoms with Gasteiger partial charge in [0, 0.05) is 36.8 Å². The summed E-state index contributed by atoms with van der Waals surface area (Å²) >= 11 is 0. The molecule has 2 amide bonds. The molecule has 1 aromatic carbocycles. The highest BCUT2D eigenvalue weighted by Crippen LogP contribution is 2.35. The predicted molar refractivity (Wildman–Crippen MR) is 122 cm³/mol. The normalized spacial score (nSPS) is 20.9. The number of benzene rings is 1. The van der Waals surface area contributed by atoms with Gasteiger partial charge < -0.3 is 21.0 Å². The van der Waals surface area contributed by atoms with Crippen molar-refractivity contribution in [3.8, 4) is 0 Å². The Bertz CT molecular complexity index is 943. The second-order valence-corrected chi connectivity index (χ2v) is 8.47. The number of fused-ring (bicyclic) bond motifs is 1. The number of nitrogens with two attached hydrogens (primary N) is 1. The van der Waals surface area contributed by atoms with Crippen molar-refractivity contribution < 1.29 is 9.59 Å². The van der Waals surface area contributed by atoms with E-state index in [9.17, 15) is 9.59 Å². The molecule has 1 unspecified atom stereocenters. The predicted octanol–water partition coefficient (Wildman–Crippen LogP) is 2.51. The number of amides is 2. The first kappa shape index (κ1) is 21.3. The van der Waals surface area contributed by atoms with Gasteiger partial charge in [-0.3, -0.25) is 9.59 Å². The summed E-state index contributed by atoms with van der Waals surface area (Å²) in [6, 6.07) is 5.20. The van der Waals surface area contributed by atoms with E-state index in [1.165, 1.54) is 19.3 Å². The van der Waals surface area contributed by atoms with Crippen LogP contribution in [0.25, 0.3) is 0 Å². The summed E-state index contributed by atoms with van der Waals surface area (Å²) in [5, 5.41) is 0. The molecule has 1 fully saturated rings. The van der Waals surface area contributed by atoms with E-state index in [1.807, 2.05) is 48.4 Å². The Kier molecular flexibility index (Phi) is 6.53. The average molecular weight is 422 g/mol. The molecular weight excluding hydrogens is 390 g/mol. The lowest BCUT2D eigenvalue weighted by Gasteiger charge is -2.28. The van der Waals surface area contributed by atoms with E-state index < -0.39 is 5.91 Å². The lowest BCUT2D eigenvalue weighted by atomic mass is 9.95. The van der Waals surface area contributed by atoms with Gasteiger partial charge in [0.1, 0.15) is 0 Å². The molecule has 0 spiro atoms. The third-order valence-corrected chi connectivity index (χ3v) is 6.26. The van der Waals surface area contributed by atoms with E-state index in [0.29, 0.717) is 12.0 Å². The number of nitrogens with one attached hydrogen (secondary N) is 2. The Morgan fingerprint density at radius 2 is 2.03 bits per heavy atom. The number of hydrazine groups is 1. The highest BCUT2D eigenvalue weighted by molar-refractivity contribution is 5.95. The van der Waals surface area contributed by atoms with Gasteiger partial charge in [-0.2, -0.15) is 0 Å². The molecule has 2 heterocycles. The quantitative estimate of drug-likeness (QED) is 0.657. The Morgan fingerprint density at radius 1 is 1.23 bits per heavy atom. The highest BCUT2D eigenvalue weighted by Gasteiger charge is 2.27. The van der Waals surface area contributed by atoms with Crippen LogP contribution in [0.3, 0.4) is 0 Å². The molecule has 0 aromatic heterocycles. The molecule has 0 saturated carbocycles. The summed E-state index contributed by atoms with van der Waals surface area (Å²) in [5.74, 6) is -0.392. The van der Waals surface area contributed by atoms with Gasteiger partial charge in [0.2, 0.25) is 11.8 Å². The van der Waals surface area contributed by atoms with Crippen molar-refractivity contribution in [3.05, 3.63) is 64.8 Å². The van der Waals surface area contributed by atoms with Crippen LogP contribution in [0, 0.1) is 0 Å². The minimum Gasteiger partial charge on any atom is -0.366 e. The zero-order valence-electron chi connectivity index (χ0n) is 18.1. The van der Waals surface area contributed by atoms with Crippen LogP contribution in [0.5, 0.6) is 0 Å². The number of nitrogens with zero attached hydrogens (tertiary/aromatic N) is 2. The first-order valence-corrected chi connectivity index (χ1v) is 11.0. The molecule has 4 rings (SSSR count). The van der Waals surface area contributed by atoms with Crippen LogP contribution in [-0.4, -0.2) is 54.8 Å². The number of allylic oxidation sites excluding steroid dienone is 3. The van der Waals surface area contributed by atoms with Crippen LogP contribution in [0.1, 0.15) is 47.6 Å². The molecule has 3 aliphatic rings. The van der Waals surface area contributed by atoms with Gasteiger partial charge in [-0.25, -0.2) is 5.43 Å². The fourth-order valence-corrected chi connectivity index (χ4v) is 4.39. The third kappa shape index (κ3) is 4.89. The summed E-state index contributed by atoms with van der Waals surface area (Å²) in [6.07, 6.45) is 12.4. The number of likely N-dealkylation sites (N-methyl/N-ethyl adjacent to an activating group) is 1. The van der Waals surface area contributed by atoms with Gasteiger partial charge in [-0.15, -0.1) is 0 Å². The molecule has 1 saturated heterocycles. The van der Waals surface area contributed by atoms with E-state index in [2.05, 4.69) is 15.8 Å². The molecule has 31 heavy (non-hydrogen) atoms. The van der Waals surface area contributed by atoms with Gasteiger partial charge in [-0.05, 0) is 62.2 Å². The molecule has 1 aliphatic carbocycles. The maximum Gasteiger partial charge on any atom is 0.249 e. The van der Waals surface area contributed by atoms with Gasteiger partial charge in [0.25, 0.3) is 0 Å². The molecule has 0 radical (unpaired) electrons. The standard InChI is InChI=1S/C24H31N5O2/c1-28(13-14-29-11-5-2-6-12-29)24(31)19-8-4-3-7-17(15-19)22-20-16-18(23(25)30)9-10-21(20)26-27-22/h3-4,7,9-10,15-16,22,26-27H,2,5-6,8,11-14H2,1H3,(H2,25,30). The van der Waals surface area contributed by atoms with Gasteiger partial charge in [-0.1, -0.05) is 24.6 Å².